The van der Waals surface area contributed by atoms with Gasteiger partial charge in [-0.25, -0.2) is 0 Å². The van der Waals surface area contributed by atoms with Crippen LogP contribution in [-0.4, -0.2) is 23.5 Å². The first-order chi connectivity index (χ1) is 9.94. The maximum Gasteiger partial charge on any atom is 0.224 e. The van der Waals surface area contributed by atoms with Crippen molar-refractivity contribution in [2.45, 2.75) is 46.6 Å². The Hall–Kier alpha value is -1.16. The molecule has 1 atom stereocenters. The van der Waals surface area contributed by atoms with Crippen molar-refractivity contribution in [3.05, 3.63) is 23.8 Å². The zero-order valence-corrected chi connectivity index (χ0v) is 14.3. The van der Waals surface area contributed by atoms with E-state index in [-0.39, 0.29) is 5.91 Å². The molecule has 4 heteroatoms. The van der Waals surface area contributed by atoms with E-state index < -0.39 is 0 Å². The van der Waals surface area contributed by atoms with Gasteiger partial charge >= 0.3 is 0 Å². The summed E-state index contributed by atoms with van der Waals surface area (Å²) in [5, 5.41) is 6.67. The van der Waals surface area contributed by atoms with Gasteiger partial charge in [-0.2, -0.15) is 11.8 Å². The average Bonchev–Trinajstić information content (AvgIpc) is 2.45. The molecule has 0 radical (unpaired) electrons. The Morgan fingerprint density at radius 2 is 2.10 bits per heavy atom. The normalized spacial score (nSPS) is 20.9. The number of amides is 1. The van der Waals surface area contributed by atoms with E-state index in [1.807, 2.05) is 30.8 Å². The Bertz CT molecular complexity index is 514. The van der Waals surface area contributed by atoms with E-state index in [2.05, 4.69) is 37.5 Å². The lowest BCUT2D eigenvalue weighted by molar-refractivity contribution is -0.115. The lowest BCUT2D eigenvalue weighted by Gasteiger charge is -2.39. The Kier molecular flexibility index (Phi) is 5.20. The summed E-state index contributed by atoms with van der Waals surface area (Å²) in [5.41, 5.74) is 3.46. The molecule has 2 rings (SSSR count). The van der Waals surface area contributed by atoms with Gasteiger partial charge in [0.2, 0.25) is 5.91 Å². The van der Waals surface area contributed by atoms with Crippen molar-refractivity contribution in [1.29, 1.82) is 0 Å². The van der Waals surface area contributed by atoms with Crippen LogP contribution in [0.4, 0.5) is 11.4 Å². The Balaban J connectivity index is 2.16. The van der Waals surface area contributed by atoms with E-state index in [1.54, 1.807) is 0 Å². The molecule has 0 bridgehead atoms. The first kappa shape index (κ1) is 16.2. The Morgan fingerprint density at radius 1 is 1.38 bits per heavy atom. The molecule has 0 spiro atoms. The number of carbonyl (C=O) groups excluding carboxylic acids is 1. The zero-order valence-electron chi connectivity index (χ0n) is 13.5. The van der Waals surface area contributed by atoms with E-state index in [0.29, 0.717) is 17.9 Å². The smallest absolute Gasteiger partial charge is 0.224 e. The van der Waals surface area contributed by atoms with Crippen LogP contribution in [0.3, 0.4) is 0 Å². The first-order valence-corrected chi connectivity index (χ1v) is 8.83. The van der Waals surface area contributed by atoms with Crippen LogP contribution in [0, 0.1) is 12.3 Å². The second-order valence-electron chi connectivity index (χ2n) is 6.39. The number of hydrogen-bond donors (Lipinski definition) is 2. The predicted molar refractivity (Wildman–Crippen MR) is 93.2 cm³/mol. The minimum absolute atomic E-state index is 0.0591. The van der Waals surface area contributed by atoms with Gasteiger partial charge in [0.25, 0.3) is 0 Å². The predicted octanol–water partition coefficient (Wildman–Crippen LogP) is 4.29. The third kappa shape index (κ3) is 3.94. The van der Waals surface area contributed by atoms with Crippen molar-refractivity contribution < 1.29 is 4.79 Å². The highest BCUT2D eigenvalue weighted by Crippen LogP contribution is 2.37. The summed E-state index contributed by atoms with van der Waals surface area (Å²) in [5.74, 6) is 2.44. The molecule has 1 saturated heterocycles. The molecule has 0 aliphatic carbocycles. The van der Waals surface area contributed by atoms with Crippen LogP contribution in [0.1, 0.15) is 39.2 Å². The van der Waals surface area contributed by atoms with Crippen LogP contribution >= 0.6 is 11.8 Å². The van der Waals surface area contributed by atoms with Gasteiger partial charge < -0.3 is 10.6 Å². The summed E-state index contributed by atoms with van der Waals surface area (Å²) >= 11 is 2.02. The molecule has 21 heavy (non-hydrogen) atoms. The summed E-state index contributed by atoms with van der Waals surface area (Å²) < 4.78 is 0. The molecule has 1 aliphatic heterocycles. The van der Waals surface area contributed by atoms with Crippen LogP contribution in [0.25, 0.3) is 0 Å². The van der Waals surface area contributed by atoms with E-state index in [1.165, 1.54) is 12.2 Å². The summed E-state index contributed by atoms with van der Waals surface area (Å²) in [4.78, 5) is 11.6. The van der Waals surface area contributed by atoms with Crippen molar-refractivity contribution >= 4 is 29.0 Å². The Labute approximate surface area is 132 Å². The van der Waals surface area contributed by atoms with Gasteiger partial charge in [-0.1, -0.05) is 26.8 Å². The highest BCUT2D eigenvalue weighted by atomic mass is 32.2. The van der Waals surface area contributed by atoms with Crippen molar-refractivity contribution in [2.75, 3.05) is 22.1 Å². The second-order valence-corrected chi connectivity index (χ2v) is 7.54. The summed E-state index contributed by atoms with van der Waals surface area (Å²) in [6, 6.07) is 6.54. The van der Waals surface area contributed by atoms with Gasteiger partial charge in [0.1, 0.15) is 0 Å². The fourth-order valence-corrected chi connectivity index (χ4v) is 4.13. The molecule has 1 heterocycles. The molecular formula is C17H26N2OS. The molecule has 2 N–H and O–H groups in total. The number of hydrogen-bond acceptors (Lipinski definition) is 3. The summed E-state index contributed by atoms with van der Waals surface area (Å²) in [7, 11) is 0. The number of anilines is 2. The standard InChI is InChI=1S/C17H26N2OS/c1-5-16(20)19-14-8-6-7-13(12(14)2)18-15-11-21-10-9-17(15,3)4/h6-8,15,18H,5,9-11H2,1-4H3,(H,19,20). The number of carbonyl (C=O) groups is 1. The van der Waals surface area contributed by atoms with E-state index in [4.69, 9.17) is 0 Å². The lowest BCUT2D eigenvalue weighted by Crippen LogP contribution is -2.41. The number of benzene rings is 1. The quantitative estimate of drug-likeness (QED) is 0.872. The third-order valence-electron chi connectivity index (χ3n) is 4.38. The molecule has 1 fully saturated rings. The number of nitrogens with one attached hydrogen (secondary N) is 2. The zero-order chi connectivity index (χ0) is 15.5. The van der Waals surface area contributed by atoms with Crippen LogP contribution in [0.5, 0.6) is 0 Å². The third-order valence-corrected chi connectivity index (χ3v) is 5.44. The van der Waals surface area contributed by atoms with Crippen molar-refractivity contribution in [3.8, 4) is 0 Å². The first-order valence-electron chi connectivity index (χ1n) is 7.68. The van der Waals surface area contributed by atoms with Crippen LogP contribution in [0.15, 0.2) is 18.2 Å². The SMILES string of the molecule is CCC(=O)Nc1cccc(NC2CSCCC2(C)C)c1C. The molecule has 116 valence electrons. The maximum absolute atomic E-state index is 11.6. The minimum Gasteiger partial charge on any atom is -0.381 e. The van der Waals surface area contributed by atoms with Crippen molar-refractivity contribution in [1.82, 2.24) is 0 Å². The molecule has 1 aliphatic rings. The molecule has 1 aromatic rings. The van der Waals surface area contributed by atoms with Gasteiger partial charge in [-0.15, -0.1) is 0 Å². The molecule has 1 aromatic carbocycles. The molecule has 3 nitrogen and oxygen atoms in total. The monoisotopic (exact) mass is 306 g/mol. The van der Waals surface area contributed by atoms with Crippen molar-refractivity contribution in [3.63, 3.8) is 0 Å². The summed E-state index contributed by atoms with van der Waals surface area (Å²) in [6.07, 6.45) is 1.74. The minimum atomic E-state index is 0.0591. The van der Waals surface area contributed by atoms with Crippen molar-refractivity contribution in [2.24, 2.45) is 5.41 Å². The topological polar surface area (TPSA) is 41.1 Å². The molecule has 1 unspecified atom stereocenters. The average molecular weight is 306 g/mol. The molecule has 0 saturated carbocycles. The Morgan fingerprint density at radius 3 is 2.76 bits per heavy atom. The van der Waals surface area contributed by atoms with Crippen LogP contribution in [-0.2, 0) is 4.79 Å². The fourth-order valence-electron chi connectivity index (χ4n) is 2.53. The molecular weight excluding hydrogens is 280 g/mol. The van der Waals surface area contributed by atoms with E-state index in [0.717, 1.165) is 22.7 Å². The highest BCUT2D eigenvalue weighted by molar-refractivity contribution is 7.99. The summed E-state index contributed by atoms with van der Waals surface area (Å²) in [6.45, 7) is 8.61. The van der Waals surface area contributed by atoms with Gasteiger partial charge in [-0.3, -0.25) is 4.79 Å². The molecule has 0 aromatic heterocycles. The van der Waals surface area contributed by atoms with Gasteiger partial charge in [-0.05, 0) is 42.2 Å². The number of thioether (sulfide) groups is 1. The fraction of sp³-hybridized carbons (Fsp3) is 0.588. The van der Waals surface area contributed by atoms with Crippen LogP contribution < -0.4 is 10.6 Å². The van der Waals surface area contributed by atoms with Gasteiger partial charge in [0.15, 0.2) is 0 Å². The van der Waals surface area contributed by atoms with Gasteiger partial charge in [0, 0.05) is 29.6 Å². The second kappa shape index (κ2) is 6.73. The number of rotatable bonds is 4. The highest BCUT2D eigenvalue weighted by Gasteiger charge is 2.32. The lowest BCUT2D eigenvalue weighted by atomic mass is 9.82. The van der Waals surface area contributed by atoms with Gasteiger partial charge in [0.05, 0.1) is 0 Å². The molecule has 1 amide bonds. The van der Waals surface area contributed by atoms with E-state index in [9.17, 15) is 4.79 Å². The van der Waals surface area contributed by atoms with Crippen LogP contribution in [0.2, 0.25) is 0 Å². The largest absolute Gasteiger partial charge is 0.381 e. The van der Waals surface area contributed by atoms with E-state index >= 15 is 0 Å². The maximum atomic E-state index is 11.6.